The number of ether oxygens (including phenoxy) is 1. The van der Waals surface area contributed by atoms with E-state index in [1.54, 1.807) is 0 Å². The van der Waals surface area contributed by atoms with Gasteiger partial charge in [-0.05, 0) is 18.8 Å². The molecule has 0 N–H and O–H groups in total. The van der Waals surface area contributed by atoms with E-state index in [0.717, 1.165) is 32.1 Å². The van der Waals surface area contributed by atoms with Gasteiger partial charge in [-0.3, -0.25) is 4.18 Å². The average Bonchev–Trinajstić information content (AvgIpc) is 2.41. The second-order valence-electron chi connectivity index (χ2n) is 5.56. The fourth-order valence-corrected chi connectivity index (χ4v) is 3.55. The summed E-state index contributed by atoms with van der Waals surface area (Å²) in [6.07, 6.45) is 0.704. The molecule has 1 saturated carbocycles. The van der Waals surface area contributed by atoms with Crippen LogP contribution >= 0.6 is 0 Å². The first-order chi connectivity index (χ1) is 9.71. The van der Waals surface area contributed by atoms with Gasteiger partial charge in [0.05, 0.1) is 12.7 Å². The molecule has 2 fully saturated rings. The molecule has 4 nitrogen and oxygen atoms in total. The fourth-order valence-electron chi connectivity index (χ4n) is 2.92. The quantitative estimate of drug-likeness (QED) is 0.452. The molecule has 9 heteroatoms. The normalized spacial score (nSPS) is 33.0. The summed E-state index contributed by atoms with van der Waals surface area (Å²) < 4.78 is 81.9. The Balaban J connectivity index is 2.01. The summed E-state index contributed by atoms with van der Waals surface area (Å²) in [7, 11) is -5.78. The van der Waals surface area contributed by atoms with Gasteiger partial charge in [0.25, 0.3) is 0 Å². The fraction of sp³-hybridized carbons (Fsp3) is 1.00. The molecule has 21 heavy (non-hydrogen) atoms. The van der Waals surface area contributed by atoms with Gasteiger partial charge in [0.1, 0.15) is 6.10 Å². The van der Waals surface area contributed by atoms with E-state index in [0.29, 0.717) is 0 Å². The molecule has 0 aromatic carbocycles. The van der Waals surface area contributed by atoms with Gasteiger partial charge >= 0.3 is 15.6 Å². The van der Waals surface area contributed by atoms with Crippen LogP contribution in [0.25, 0.3) is 0 Å². The Morgan fingerprint density at radius 1 is 1.10 bits per heavy atom. The zero-order valence-electron chi connectivity index (χ0n) is 11.3. The largest absolute Gasteiger partial charge is 0.523 e. The third-order valence-electron chi connectivity index (χ3n) is 4.05. The minimum Gasteiger partial charge on any atom is -0.375 e. The third-order valence-corrected chi connectivity index (χ3v) is 5.11. The highest BCUT2D eigenvalue weighted by atomic mass is 32.2. The lowest BCUT2D eigenvalue weighted by molar-refractivity contribution is -0.115. The number of halogens is 4. The molecule has 3 atom stereocenters. The molecule has 1 aliphatic carbocycles. The summed E-state index contributed by atoms with van der Waals surface area (Å²) in [5.74, 6) is 0.131. The van der Waals surface area contributed by atoms with Gasteiger partial charge in [-0.2, -0.15) is 21.6 Å². The lowest BCUT2D eigenvalue weighted by Crippen LogP contribution is -2.46. The minimum atomic E-state index is -5.78. The van der Waals surface area contributed by atoms with Crippen molar-refractivity contribution in [2.75, 3.05) is 6.61 Å². The van der Waals surface area contributed by atoms with Crippen molar-refractivity contribution >= 4 is 10.1 Å². The van der Waals surface area contributed by atoms with E-state index in [4.69, 9.17) is 4.74 Å². The van der Waals surface area contributed by atoms with Gasteiger partial charge in [0.15, 0.2) is 6.17 Å². The lowest BCUT2D eigenvalue weighted by atomic mass is 9.82. The molecule has 0 bridgehead atoms. The Morgan fingerprint density at radius 2 is 1.71 bits per heavy atom. The molecular formula is C12H18F4O4S. The molecule has 0 aromatic heterocycles. The summed E-state index contributed by atoms with van der Waals surface area (Å²) in [5, 5.41) is 0. The summed E-state index contributed by atoms with van der Waals surface area (Å²) in [4.78, 5) is 0. The summed E-state index contributed by atoms with van der Waals surface area (Å²) in [5.41, 5.74) is -5.54. The summed E-state index contributed by atoms with van der Waals surface area (Å²) >= 11 is 0. The molecule has 0 radical (unpaired) electrons. The van der Waals surface area contributed by atoms with E-state index in [9.17, 15) is 26.0 Å². The zero-order valence-corrected chi connectivity index (χ0v) is 12.1. The van der Waals surface area contributed by atoms with Gasteiger partial charge in [0, 0.05) is 6.42 Å². The topological polar surface area (TPSA) is 52.6 Å². The van der Waals surface area contributed by atoms with Crippen molar-refractivity contribution in [3.05, 3.63) is 0 Å². The summed E-state index contributed by atoms with van der Waals surface area (Å²) in [6.45, 7) is -0.431. The molecule has 0 aromatic rings. The molecule has 2 rings (SSSR count). The smallest absolute Gasteiger partial charge is 0.375 e. The molecule has 0 unspecified atom stereocenters. The Kier molecular flexibility index (Phi) is 5.15. The third kappa shape index (κ3) is 4.07. The van der Waals surface area contributed by atoms with Crippen LogP contribution in [0, 0.1) is 5.92 Å². The van der Waals surface area contributed by atoms with Crippen LogP contribution in [0.2, 0.25) is 0 Å². The van der Waals surface area contributed by atoms with E-state index in [2.05, 4.69) is 4.18 Å². The van der Waals surface area contributed by atoms with E-state index < -0.39 is 40.6 Å². The van der Waals surface area contributed by atoms with Gasteiger partial charge in [-0.1, -0.05) is 19.3 Å². The Hall–Kier alpha value is -0.410. The lowest BCUT2D eigenvalue weighted by Gasteiger charge is -2.37. The molecule has 1 aliphatic heterocycles. The first kappa shape index (κ1) is 17.0. The second-order valence-corrected chi connectivity index (χ2v) is 7.12. The van der Waals surface area contributed by atoms with Crippen molar-refractivity contribution in [3.8, 4) is 0 Å². The van der Waals surface area contributed by atoms with Crippen LogP contribution < -0.4 is 0 Å². The van der Waals surface area contributed by atoms with Crippen LogP contribution in [-0.2, 0) is 19.0 Å². The van der Waals surface area contributed by atoms with Gasteiger partial charge in [-0.25, -0.2) is 4.39 Å². The maximum Gasteiger partial charge on any atom is 0.523 e. The van der Waals surface area contributed by atoms with Crippen LogP contribution in [0.5, 0.6) is 0 Å². The Bertz CT molecular complexity index is 445. The molecule has 1 heterocycles. The molecule has 0 spiro atoms. The number of hydrogen-bond donors (Lipinski definition) is 0. The highest BCUT2D eigenvalue weighted by Gasteiger charge is 2.50. The second kappa shape index (κ2) is 6.37. The van der Waals surface area contributed by atoms with Gasteiger partial charge in [0.2, 0.25) is 0 Å². The van der Waals surface area contributed by atoms with Crippen LogP contribution in [-0.4, -0.2) is 38.9 Å². The predicted molar refractivity (Wildman–Crippen MR) is 65.7 cm³/mol. The first-order valence-electron chi connectivity index (χ1n) is 6.96. The van der Waals surface area contributed by atoms with E-state index >= 15 is 0 Å². The van der Waals surface area contributed by atoms with E-state index in [1.165, 1.54) is 0 Å². The highest BCUT2D eigenvalue weighted by Crippen LogP contribution is 2.35. The molecule has 0 amide bonds. The maximum absolute atomic E-state index is 13.6. The van der Waals surface area contributed by atoms with Crippen molar-refractivity contribution in [1.82, 2.24) is 0 Å². The number of hydrogen-bond acceptors (Lipinski definition) is 4. The van der Waals surface area contributed by atoms with Gasteiger partial charge < -0.3 is 4.74 Å². The van der Waals surface area contributed by atoms with Crippen molar-refractivity contribution in [2.45, 2.75) is 62.4 Å². The number of rotatable bonds is 3. The SMILES string of the molecule is O=S(=O)(O[C@@H]1C[C@H](C2CCCCC2)OC[C@@H]1F)C(F)(F)F. The zero-order chi connectivity index (χ0) is 15.7. The van der Waals surface area contributed by atoms with Crippen molar-refractivity contribution in [3.63, 3.8) is 0 Å². The number of alkyl halides is 4. The predicted octanol–water partition coefficient (Wildman–Crippen LogP) is 2.93. The highest BCUT2D eigenvalue weighted by molar-refractivity contribution is 7.87. The van der Waals surface area contributed by atoms with Crippen molar-refractivity contribution in [2.24, 2.45) is 5.92 Å². The minimum absolute atomic E-state index is 0.131. The van der Waals surface area contributed by atoms with Crippen LogP contribution in [0.1, 0.15) is 38.5 Å². The molecule has 2 aliphatic rings. The monoisotopic (exact) mass is 334 g/mol. The molecular weight excluding hydrogens is 316 g/mol. The maximum atomic E-state index is 13.6. The van der Waals surface area contributed by atoms with Crippen molar-refractivity contribution in [1.29, 1.82) is 0 Å². The Labute approximate surface area is 120 Å². The average molecular weight is 334 g/mol. The van der Waals surface area contributed by atoms with Crippen LogP contribution in [0.15, 0.2) is 0 Å². The standard InChI is InChI=1S/C12H18F4O4S/c13-9-7-19-10(8-4-2-1-3-5-8)6-11(9)20-21(17,18)12(14,15)16/h8-11H,1-7H2/t9-,10+,11+/m0/s1. The summed E-state index contributed by atoms with van der Waals surface area (Å²) in [6, 6.07) is 0. The molecule has 1 saturated heterocycles. The van der Waals surface area contributed by atoms with Crippen LogP contribution in [0.3, 0.4) is 0 Å². The molecule has 124 valence electrons. The van der Waals surface area contributed by atoms with Crippen LogP contribution in [0.4, 0.5) is 17.6 Å². The van der Waals surface area contributed by atoms with Gasteiger partial charge in [-0.15, -0.1) is 0 Å². The first-order valence-corrected chi connectivity index (χ1v) is 8.37. The van der Waals surface area contributed by atoms with E-state index in [1.807, 2.05) is 0 Å². The van der Waals surface area contributed by atoms with Crippen molar-refractivity contribution < 1.29 is 34.9 Å². The Morgan fingerprint density at radius 3 is 2.29 bits per heavy atom. The van der Waals surface area contributed by atoms with E-state index in [-0.39, 0.29) is 12.3 Å².